The monoisotopic (exact) mass is 354 g/mol. The second-order valence-electron chi connectivity index (χ2n) is 6.90. The van der Waals surface area contributed by atoms with Crippen LogP contribution in [-0.2, 0) is 0 Å². The number of nitrogens with one attached hydrogen (secondary N) is 1. The standard InChI is InChI=1S/C20H22N2O4/c1-12-8-17-18(26-7-6-25-17)11-15(12)20(24)22-19(13-9-14(23)10-13)16-4-2-3-5-21-16/h2-5,8,11,13-14,19,23H,6-7,9-10H2,1H3,(H,22,24). The normalized spacial score (nSPS) is 22.2. The Morgan fingerprint density at radius 2 is 1.96 bits per heavy atom. The van der Waals surface area contributed by atoms with Gasteiger partial charge in [-0.2, -0.15) is 0 Å². The number of rotatable bonds is 4. The van der Waals surface area contributed by atoms with Crippen molar-refractivity contribution in [2.45, 2.75) is 31.9 Å². The van der Waals surface area contributed by atoms with E-state index in [0.29, 0.717) is 43.1 Å². The minimum Gasteiger partial charge on any atom is -0.486 e. The predicted octanol–water partition coefficient (Wildman–Crippen LogP) is 2.40. The van der Waals surface area contributed by atoms with Crippen LogP contribution in [0.15, 0.2) is 36.5 Å². The van der Waals surface area contributed by atoms with Crippen molar-refractivity contribution >= 4 is 5.91 Å². The lowest BCUT2D eigenvalue weighted by atomic mass is 9.76. The fraction of sp³-hybridized carbons (Fsp3) is 0.400. The molecule has 6 nitrogen and oxygen atoms in total. The molecule has 1 aliphatic heterocycles. The first-order chi connectivity index (χ1) is 12.6. The van der Waals surface area contributed by atoms with E-state index in [4.69, 9.17) is 9.47 Å². The summed E-state index contributed by atoms with van der Waals surface area (Å²) in [4.78, 5) is 17.4. The second-order valence-corrected chi connectivity index (χ2v) is 6.90. The van der Waals surface area contributed by atoms with Crippen LogP contribution in [0.1, 0.15) is 40.5 Å². The Bertz CT molecular complexity index is 803. The lowest BCUT2D eigenvalue weighted by Crippen LogP contribution is -2.42. The molecule has 136 valence electrons. The molecule has 2 aromatic rings. The number of carbonyl (C=O) groups excluding carboxylic acids is 1. The van der Waals surface area contributed by atoms with Gasteiger partial charge in [0.1, 0.15) is 13.2 Å². The Hall–Kier alpha value is -2.60. The number of aliphatic hydroxyl groups is 1. The Balaban J connectivity index is 1.59. The summed E-state index contributed by atoms with van der Waals surface area (Å²) in [6, 6.07) is 9.03. The third-order valence-electron chi connectivity index (χ3n) is 5.05. The number of carbonyl (C=O) groups is 1. The Morgan fingerprint density at radius 1 is 1.23 bits per heavy atom. The van der Waals surface area contributed by atoms with Gasteiger partial charge in [-0.25, -0.2) is 0 Å². The van der Waals surface area contributed by atoms with Crippen molar-refractivity contribution in [3.05, 3.63) is 53.3 Å². The molecule has 26 heavy (non-hydrogen) atoms. The summed E-state index contributed by atoms with van der Waals surface area (Å²) in [5, 5.41) is 12.8. The first-order valence-corrected chi connectivity index (χ1v) is 8.92. The number of hydrogen-bond donors (Lipinski definition) is 2. The molecule has 4 rings (SSSR count). The van der Waals surface area contributed by atoms with Gasteiger partial charge in [-0.1, -0.05) is 6.07 Å². The van der Waals surface area contributed by atoms with E-state index in [2.05, 4.69) is 10.3 Å². The van der Waals surface area contributed by atoms with E-state index in [0.717, 1.165) is 11.3 Å². The zero-order valence-electron chi connectivity index (χ0n) is 14.6. The molecule has 1 atom stereocenters. The predicted molar refractivity (Wildman–Crippen MR) is 95.3 cm³/mol. The van der Waals surface area contributed by atoms with Gasteiger partial charge >= 0.3 is 0 Å². The number of amides is 1. The van der Waals surface area contributed by atoms with Gasteiger partial charge in [0.25, 0.3) is 5.91 Å². The SMILES string of the molecule is Cc1cc2c(cc1C(=O)NC(c1ccccn1)C1CC(O)C1)OCCO2. The van der Waals surface area contributed by atoms with Crippen LogP contribution in [0.25, 0.3) is 0 Å². The van der Waals surface area contributed by atoms with Gasteiger partial charge in [-0.05, 0) is 55.5 Å². The van der Waals surface area contributed by atoms with Gasteiger partial charge < -0.3 is 19.9 Å². The zero-order chi connectivity index (χ0) is 18.1. The maximum Gasteiger partial charge on any atom is 0.252 e. The highest BCUT2D eigenvalue weighted by molar-refractivity contribution is 5.96. The molecule has 1 amide bonds. The van der Waals surface area contributed by atoms with E-state index >= 15 is 0 Å². The first kappa shape index (κ1) is 16.8. The van der Waals surface area contributed by atoms with Crippen LogP contribution in [0.4, 0.5) is 0 Å². The van der Waals surface area contributed by atoms with Crippen molar-refractivity contribution < 1.29 is 19.4 Å². The number of aliphatic hydroxyl groups excluding tert-OH is 1. The lowest BCUT2D eigenvalue weighted by Gasteiger charge is -2.37. The van der Waals surface area contributed by atoms with Gasteiger partial charge in [-0.3, -0.25) is 9.78 Å². The highest BCUT2D eigenvalue weighted by Crippen LogP contribution is 2.38. The van der Waals surface area contributed by atoms with Crippen LogP contribution < -0.4 is 14.8 Å². The second kappa shape index (κ2) is 6.96. The van der Waals surface area contributed by atoms with Crippen molar-refractivity contribution in [2.24, 2.45) is 5.92 Å². The summed E-state index contributed by atoms with van der Waals surface area (Å²) in [6.45, 7) is 2.88. The molecule has 1 aromatic carbocycles. The number of fused-ring (bicyclic) bond motifs is 1. The van der Waals surface area contributed by atoms with Crippen molar-refractivity contribution in [2.75, 3.05) is 13.2 Å². The smallest absolute Gasteiger partial charge is 0.252 e. The molecule has 6 heteroatoms. The van der Waals surface area contributed by atoms with Gasteiger partial charge in [0.2, 0.25) is 0 Å². The van der Waals surface area contributed by atoms with Crippen LogP contribution in [-0.4, -0.2) is 35.3 Å². The molecule has 2 aliphatic rings. The van der Waals surface area contributed by atoms with Gasteiger partial charge in [-0.15, -0.1) is 0 Å². The topological polar surface area (TPSA) is 80.7 Å². The molecule has 1 unspecified atom stereocenters. The highest BCUT2D eigenvalue weighted by Gasteiger charge is 2.36. The Kier molecular flexibility index (Phi) is 4.51. The Morgan fingerprint density at radius 3 is 2.62 bits per heavy atom. The Labute approximate surface area is 152 Å². The first-order valence-electron chi connectivity index (χ1n) is 8.92. The third-order valence-corrected chi connectivity index (χ3v) is 5.05. The average Bonchev–Trinajstić information content (AvgIpc) is 2.64. The number of hydrogen-bond acceptors (Lipinski definition) is 5. The van der Waals surface area contributed by atoms with E-state index in [1.807, 2.05) is 31.2 Å². The quantitative estimate of drug-likeness (QED) is 0.881. The summed E-state index contributed by atoms with van der Waals surface area (Å²) >= 11 is 0. The van der Waals surface area contributed by atoms with Gasteiger partial charge in [0.05, 0.1) is 17.8 Å². The molecule has 1 saturated carbocycles. The molecule has 2 N–H and O–H groups in total. The fourth-order valence-electron chi connectivity index (χ4n) is 3.55. The van der Waals surface area contributed by atoms with Crippen molar-refractivity contribution in [1.82, 2.24) is 10.3 Å². The van der Waals surface area contributed by atoms with Crippen molar-refractivity contribution in [3.8, 4) is 11.5 Å². The molecule has 0 saturated heterocycles. The van der Waals surface area contributed by atoms with Crippen LogP contribution in [0.5, 0.6) is 11.5 Å². The molecule has 1 fully saturated rings. The molecular formula is C20H22N2O4. The van der Waals surface area contributed by atoms with Crippen LogP contribution in [0.3, 0.4) is 0 Å². The molecule has 0 bridgehead atoms. The average molecular weight is 354 g/mol. The highest BCUT2D eigenvalue weighted by atomic mass is 16.6. The number of aromatic nitrogens is 1. The minimum absolute atomic E-state index is 0.170. The zero-order valence-corrected chi connectivity index (χ0v) is 14.6. The van der Waals surface area contributed by atoms with E-state index in [9.17, 15) is 9.90 Å². The summed E-state index contributed by atoms with van der Waals surface area (Å²) in [5.41, 5.74) is 2.21. The van der Waals surface area contributed by atoms with Gasteiger partial charge in [0.15, 0.2) is 11.5 Å². The molecule has 0 radical (unpaired) electrons. The summed E-state index contributed by atoms with van der Waals surface area (Å²) < 4.78 is 11.2. The van der Waals surface area contributed by atoms with Crippen molar-refractivity contribution in [3.63, 3.8) is 0 Å². The molecule has 1 aromatic heterocycles. The molecule has 2 heterocycles. The maximum absolute atomic E-state index is 13.0. The number of benzene rings is 1. The number of nitrogens with zero attached hydrogens (tertiary/aromatic N) is 1. The maximum atomic E-state index is 13.0. The number of pyridine rings is 1. The minimum atomic E-state index is -0.292. The lowest BCUT2D eigenvalue weighted by molar-refractivity contribution is 0.0228. The molecular weight excluding hydrogens is 332 g/mol. The summed E-state index contributed by atoms with van der Waals surface area (Å²) in [6.07, 6.45) is 2.77. The van der Waals surface area contributed by atoms with E-state index < -0.39 is 0 Å². The third kappa shape index (κ3) is 3.24. The van der Waals surface area contributed by atoms with Crippen LogP contribution in [0, 0.1) is 12.8 Å². The molecule has 0 spiro atoms. The number of ether oxygens (including phenoxy) is 2. The van der Waals surface area contributed by atoms with E-state index in [1.54, 1.807) is 12.3 Å². The van der Waals surface area contributed by atoms with Crippen LogP contribution >= 0.6 is 0 Å². The number of aryl methyl sites for hydroxylation is 1. The van der Waals surface area contributed by atoms with Crippen LogP contribution in [0.2, 0.25) is 0 Å². The molecule has 1 aliphatic carbocycles. The summed E-state index contributed by atoms with van der Waals surface area (Å²) in [7, 11) is 0. The van der Waals surface area contributed by atoms with Crippen molar-refractivity contribution in [1.29, 1.82) is 0 Å². The largest absolute Gasteiger partial charge is 0.486 e. The van der Waals surface area contributed by atoms with E-state index in [1.165, 1.54) is 0 Å². The fourth-order valence-corrected chi connectivity index (χ4v) is 3.55. The summed E-state index contributed by atoms with van der Waals surface area (Å²) in [5.74, 6) is 1.28. The van der Waals surface area contributed by atoms with E-state index in [-0.39, 0.29) is 24.0 Å². The van der Waals surface area contributed by atoms with Gasteiger partial charge in [0, 0.05) is 11.8 Å².